The average Bonchev–Trinajstić information content (AvgIpc) is 3.02. The minimum atomic E-state index is -0.866. The topological polar surface area (TPSA) is 57.6 Å². The van der Waals surface area contributed by atoms with E-state index >= 15 is 0 Å². The van der Waals surface area contributed by atoms with Gasteiger partial charge in [-0.3, -0.25) is 9.59 Å². The lowest BCUT2D eigenvalue weighted by atomic mass is 10.1. The van der Waals surface area contributed by atoms with Crippen molar-refractivity contribution in [2.24, 2.45) is 17.3 Å². The number of amides is 1. The summed E-state index contributed by atoms with van der Waals surface area (Å²) in [6.45, 7) is 6.96. The molecule has 1 fully saturated rings. The highest BCUT2D eigenvalue weighted by Crippen LogP contribution is 2.59. The Labute approximate surface area is 125 Å². The molecule has 1 N–H and O–H groups in total. The van der Waals surface area contributed by atoms with Crippen LogP contribution in [0.5, 0.6) is 0 Å². The van der Waals surface area contributed by atoms with Gasteiger partial charge in [0, 0.05) is 13.1 Å². The zero-order chi connectivity index (χ0) is 15.6. The molecule has 1 aromatic rings. The second-order valence-corrected chi connectivity index (χ2v) is 6.36. The SMILES string of the molecule is CCCN(Cc1ccccc1)C(=O)[C@H]1[C@@H](C(=O)O)C1(C)C. The lowest BCUT2D eigenvalue weighted by molar-refractivity contribution is -0.142. The Morgan fingerprint density at radius 2 is 1.81 bits per heavy atom. The molecule has 1 saturated carbocycles. The smallest absolute Gasteiger partial charge is 0.307 e. The molecular formula is C17H23NO3. The molecule has 0 aromatic heterocycles. The van der Waals surface area contributed by atoms with Gasteiger partial charge in [0.2, 0.25) is 5.91 Å². The summed E-state index contributed by atoms with van der Waals surface area (Å²) in [5.41, 5.74) is 0.635. The fourth-order valence-corrected chi connectivity index (χ4v) is 3.10. The van der Waals surface area contributed by atoms with Gasteiger partial charge in [0.1, 0.15) is 0 Å². The lowest BCUT2D eigenvalue weighted by Crippen LogP contribution is -2.34. The monoisotopic (exact) mass is 289 g/mol. The highest BCUT2D eigenvalue weighted by molar-refractivity contribution is 5.91. The first-order chi connectivity index (χ1) is 9.89. The van der Waals surface area contributed by atoms with Crippen molar-refractivity contribution < 1.29 is 14.7 Å². The van der Waals surface area contributed by atoms with Gasteiger partial charge in [0.25, 0.3) is 0 Å². The Kier molecular flexibility index (Phi) is 4.35. The summed E-state index contributed by atoms with van der Waals surface area (Å²) in [5, 5.41) is 9.24. The Morgan fingerprint density at radius 1 is 1.19 bits per heavy atom. The molecule has 0 saturated heterocycles. The summed E-state index contributed by atoms with van der Waals surface area (Å²) in [6, 6.07) is 9.82. The quantitative estimate of drug-likeness (QED) is 0.876. The van der Waals surface area contributed by atoms with E-state index in [0.717, 1.165) is 12.0 Å². The van der Waals surface area contributed by atoms with Gasteiger partial charge in [-0.15, -0.1) is 0 Å². The van der Waals surface area contributed by atoms with Crippen molar-refractivity contribution in [3.05, 3.63) is 35.9 Å². The number of hydrogen-bond acceptors (Lipinski definition) is 2. The molecule has 21 heavy (non-hydrogen) atoms. The van der Waals surface area contributed by atoms with Crippen LogP contribution in [0, 0.1) is 17.3 Å². The Balaban J connectivity index is 2.12. The number of aliphatic carboxylic acids is 1. The van der Waals surface area contributed by atoms with Crippen molar-refractivity contribution in [1.82, 2.24) is 4.90 Å². The van der Waals surface area contributed by atoms with E-state index in [9.17, 15) is 14.7 Å². The molecular weight excluding hydrogens is 266 g/mol. The number of carbonyl (C=O) groups excluding carboxylic acids is 1. The maximum absolute atomic E-state index is 12.7. The second kappa shape index (κ2) is 5.88. The molecule has 0 unspecified atom stereocenters. The van der Waals surface area contributed by atoms with Crippen LogP contribution in [-0.4, -0.2) is 28.4 Å². The largest absolute Gasteiger partial charge is 0.481 e. The molecule has 0 bridgehead atoms. The van der Waals surface area contributed by atoms with Crippen LogP contribution in [0.1, 0.15) is 32.8 Å². The predicted octanol–water partition coefficient (Wildman–Crippen LogP) is 2.78. The van der Waals surface area contributed by atoms with E-state index in [1.807, 2.05) is 51.1 Å². The van der Waals surface area contributed by atoms with Crippen LogP contribution in [-0.2, 0) is 16.1 Å². The van der Waals surface area contributed by atoms with Crippen molar-refractivity contribution in [2.45, 2.75) is 33.7 Å². The Morgan fingerprint density at radius 3 is 2.29 bits per heavy atom. The van der Waals surface area contributed by atoms with Gasteiger partial charge in [0.05, 0.1) is 11.8 Å². The Bertz CT molecular complexity index is 524. The summed E-state index contributed by atoms with van der Waals surface area (Å²) in [7, 11) is 0. The van der Waals surface area contributed by atoms with Crippen LogP contribution in [0.15, 0.2) is 30.3 Å². The van der Waals surface area contributed by atoms with Gasteiger partial charge in [-0.25, -0.2) is 0 Å². The number of rotatable bonds is 6. The van der Waals surface area contributed by atoms with Crippen LogP contribution in [0.2, 0.25) is 0 Å². The van der Waals surface area contributed by atoms with Gasteiger partial charge in [-0.1, -0.05) is 51.1 Å². The third kappa shape index (κ3) is 3.09. The van der Waals surface area contributed by atoms with Gasteiger partial charge >= 0.3 is 5.97 Å². The van der Waals surface area contributed by atoms with E-state index in [0.29, 0.717) is 13.1 Å². The minimum absolute atomic E-state index is 0.0295. The Hall–Kier alpha value is -1.84. The van der Waals surface area contributed by atoms with E-state index < -0.39 is 23.2 Å². The fraction of sp³-hybridized carbons (Fsp3) is 0.529. The van der Waals surface area contributed by atoms with Gasteiger partial charge in [-0.05, 0) is 17.4 Å². The summed E-state index contributed by atoms with van der Waals surface area (Å²) >= 11 is 0. The molecule has 0 aliphatic heterocycles. The standard InChI is InChI=1S/C17H23NO3/c1-4-10-18(11-12-8-6-5-7-9-12)15(19)13-14(16(20)21)17(13,2)3/h5-9,13-14H,4,10-11H2,1-3H3,(H,20,21)/t13-,14+/m1/s1. The average molecular weight is 289 g/mol. The molecule has 1 aliphatic carbocycles. The number of carbonyl (C=O) groups is 2. The first-order valence-electron chi connectivity index (χ1n) is 7.45. The molecule has 114 valence electrons. The normalized spacial score (nSPS) is 22.6. The molecule has 2 atom stereocenters. The van der Waals surface area contributed by atoms with Crippen LogP contribution < -0.4 is 0 Å². The van der Waals surface area contributed by atoms with Crippen LogP contribution >= 0.6 is 0 Å². The predicted molar refractivity (Wildman–Crippen MR) is 80.5 cm³/mol. The summed E-state index contributed by atoms with van der Waals surface area (Å²) in [5.74, 6) is -1.85. The fourth-order valence-electron chi connectivity index (χ4n) is 3.10. The third-order valence-electron chi connectivity index (χ3n) is 4.38. The molecule has 2 rings (SSSR count). The third-order valence-corrected chi connectivity index (χ3v) is 4.38. The molecule has 4 heteroatoms. The highest BCUT2D eigenvalue weighted by Gasteiger charge is 2.66. The zero-order valence-corrected chi connectivity index (χ0v) is 12.9. The van der Waals surface area contributed by atoms with E-state index in [4.69, 9.17) is 0 Å². The van der Waals surface area contributed by atoms with Gasteiger partial charge < -0.3 is 10.0 Å². The molecule has 1 amide bonds. The number of hydrogen-bond donors (Lipinski definition) is 1. The van der Waals surface area contributed by atoms with E-state index in [2.05, 4.69) is 0 Å². The lowest BCUT2D eigenvalue weighted by Gasteiger charge is -2.23. The zero-order valence-electron chi connectivity index (χ0n) is 12.9. The van der Waals surface area contributed by atoms with Crippen LogP contribution in [0.4, 0.5) is 0 Å². The molecule has 1 aliphatic rings. The second-order valence-electron chi connectivity index (χ2n) is 6.36. The van der Waals surface area contributed by atoms with Crippen molar-refractivity contribution in [1.29, 1.82) is 0 Å². The van der Waals surface area contributed by atoms with E-state index in [1.54, 1.807) is 4.90 Å². The number of carboxylic acid groups (broad SMARTS) is 1. The highest BCUT2D eigenvalue weighted by atomic mass is 16.4. The number of nitrogens with zero attached hydrogens (tertiary/aromatic N) is 1. The molecule has 0 heterocycles. The van der Waals surface area contributed by atoms with Crippen LogP contribution in [0.3, 0.4) is 0 Å². The van der Waals surface area contributed by atoms with E-state index in [-0.39, 0.29) is 5.91 Å². The summed E-state index contributed by atoms with van der Waals surface area (Å²) < 4.78 is 0. The van der Waals surface area contributed by atoms with Crippen molar-refractivity contribution in [3.8, 4) is 0 Å². The van der Waals surface area contributed by atoms with Crippen LogP contribution in [0.25, 0.3) is 0 Å². The molecule has 0 spiro atoms. The van der Waals surface area contributed by atoms with Gasteiger partial charge in [-0.2, -0.15) is 0 Å². The summed E-state index contributed by atoms with van der Waals surface area (Å²) in [6.07, 6.45) is 0.865. The van der Waals surface area contributed by atoms with Crippen molar-refractivity contribution >= 4 is 11.9 Å². The molecule has 0 radical (unpaired) electrons. The first kappa shape index (κ1) is 15.5. The number of carboxylic acids is 1. The van der Waals surface area contributed by atoms with Crippen molar-refractivity contribution in [2.75, 3.05) is 6.54 Å². The maximum Gasteiger partial charge on any atom is 0.307 e. The van der Waals surface area contributed by atoms with Gasteiger partial charge in [0.15, 0.2) is 0 Å². The maximum atomic E-state index is 12.7. The minimum Gasteiger partial charge on any atom is -0.481 e. The number of benzene rings is 1. The van der Waals surface area contributed by atoms with E-state index in [1.165, 1.54) is 0 Å². The first-order valence-corrected chi connectivity index (χ1v) is 7.45. The molecule has 4 nitrogen and oxygen atoms in total. The molecule has 1 aromatic carbocycles. The summed E-state index contributed by atoms with van der Waals surface area (Å²) in [4.78, 5) is 25.7. The van der Waals surface area contributed by atoms with Crippen molar-refractivity contribution in [3.63, 3.8) is 0 Å².